The van der Waals surface area contributed by atoms with E-state index >= 15 is 0 Å². The molecule has 0 bridgehead atoms. The first-order chi connectivity index (χ1) is 9.61. The maximum atomic E-state index is 4.27. The summed E-state index contributed by atoms with van der Waals surface area (Å²) in [6, 6.07) is 0. The van der Waals surface area contributed by atoms with E-state index in [-0.39, 0.29) is 0 Å². The van der Waals surface area contributed by atoms with E-state index in [1.807, 2.05) is 4.68 Å². The molecule has 0 amide bonds. The van der Waals surface area contributed by atoms with E-state index in [9.17, 15) is 0 Å². The molecule has 1 unspecified atom stereocenters. The highest BCUT2D eigenvalue weighted by Gasteiger charge is 2.02. The van der Waals surface area contributed by atoms with Gasteiger partial charge in [-0.05, 0) is 31.1 Å². The third kappa shape index (κ3) is 7.66. The van der Waals surface area contributed by atoms with Crippen molar-refractivity contribution in [2.75, 3.05) is 0 Å². The lowest BCUT2D eigenvalue weighted by atomic mass is 10.00. The zero-order chi connectivity index (χ0) is 14.8. The molecule has 0 aliphatic heterocycles. The van der Waals surface area contributed by atoms with Crippen LogP contribution in [0.5, 0.6) is 0 Å². The Morgan fingerprint density at radius 3 is 2.50 bits per heavy atom. The number of unbranched alkanes of at least 4 members (excludes halogenated alkanes) is 3. The minimum Gasteiger partial charge on any atom is -0.252 e. The predicted octanol–water partition coefficient (Wildman–Crippen LogP) is 4.86. The van der Waals surface area contributed by atoms with Crippen molar-refractivity contribution in [1.82, 2.24) is 15.0 Å². The molecule has 0 saturated heterocycles. The molecular formula is C17H33N3. The van der Waals surface area contributed by atoms with Gasteiger partial charge in [0.15, 0.2) is 0 Å². The molecular weight excluding hydrogens is 246 g/mol. The molecule has 1 heterocycles. The number of hydrogen-bond acceptors (Lipinski definition) is 2. The van der Waals surface area contributed by atoms with Crippen LogP contribution in [0.1, 0.15) is 78.3 Å². The van der Waals surface area contributed by atoms with E-state index < -0.39 is 0 Å². The number of hydrogen-bond donors (Lipinski definition) is 0. The Balaban J connectivity index is 2.07. The van der Waals surface area contributed by atoms with Gasteiger partial charge >= 0.3 is 0 Å². The second kappa shape index (κ2) is 9.95. The third-order valence-electron chi connectivity index (χ3n) is 4.10. The van der Waals surface area contributed by atoms with Crippen molar-refractivity contribution in [2.45, 2.75) is 85.6 Å². The second-order valence-electron chi connectivity index (χ2n) is 6.62. The highest BCUT2D eigenvalue weighted by Crippen LogP contribution is 2.14. The highest BCUT2D eigenvalue weighted by atomic mass is 15.4. The molecule has 0 radical (unpaired) electrons. The Kier molecular flexibility index (Phi) is 8.56. The molecule has 0 aliphatic carbocycles. The Morgan fingerprint density at radius 1 is 1.05 bits per heavy atom. The van der Waals surface area contributed by atoms with Crippen molar-refractivity contribution >= 4 is 0 Å². The fourth-order valence-electron chi connectivity index (χ4n) is 2.31. The summed E-state index contributed by atoms with van der Waals surface area (Å²) in [5.74, 6) is 1.63. The lowest BCUT2D eigenvalue weighted by Crippen LogP contribution is -2.01. The van der Waals surface area contributed by atoms with E-state index in [2.05, 4.69) is 44.2 Å². The van der Waals surface area contributed by atoms with Crippen molar-refractivity contribution in [3.05, 3.63) is 11.9 Å². The van der Waals surface area contributed by atoms with Gasteiger partial charge in [-0.2, -0.15) is 0 Å². The lowest BCUT2D eigenvalue weighted by molar-refractivity contribution is 0.474. The molecule has 116 valence electrons. The van der Waals surface area contributed by atoms with E-state index in [1.165, 1.54) is 44.9 Å². The Labute approximate surface area is 125 Å². The van der Waals surface area contributed by atoms with Gasteiger partial charge in [0.25, 0.3) is 0 Å². The molecule has 1 aromatic rings. The smallest absolute Gasteiger partial charge is 0.0827 e. The zero-order valence-electron chi connectivity index (χ0n) is 13.9. The molecule has 0 N–H and O–H groups in total. The van der Waals surface area contributed by atoms with Gasteiger partial charge in [0.1, 0.15) is 0 Å². The zero-order valence-corrected chi connectivity index (χ0v) is 13.9. The van der Waals surface area contributed by atoms with Crippen LogP contribution in [0.4, 0.5) is 0 Å². The van der Waals surface area contributed by atoms with Gasteiger partial charge in [0.05, 0.1) is 5.69 Å². The van der Waals surface area contributed by atoms with E-state index in [1.54, 1.807) is 0 Å². The molecule has 3 nitrogen and oxygen atoms in total. The summed E-state index contributed by atoms with van der Waals surface area (Å²) in [5.41, 5.74) is 1.16. The molecule has 3 heteroatoms. The topological polar surface area (TPSA) is 30.7 Å². The maximum absolute atomic E-state index is 4.27. The number of aryl methyl sites for hydroxylation is 2. The summed E-state index contributed by atoms with van der Waals surface area (Å²) < 4.78 is 2.00. The molecule has 1 aromatic heterocycles. The third-order valence-corrected chi connectivity index (χ3v) is 4.10. The Hall–Kier alpha value is -0.860. The van der Waals surface area contributed by atoms with Gasteiger partial charge in [-0.25, -0.2) is 0 Å². The highest BCUT2D eigenvalue weighted by molar-refractivity contribution is 4.92. The predicted molar refractivity (Wildman–Crippen MR) is 85.7 cm³/mol. The first kappa shape index (κ1) is 17.2. The summed E-state index contributed by atoms with van der Waals surface area (Å²) in [7, 11) is 0. The van der Waals surface area contributed by atoms with Crippen LogP contribution in [0.3, 0.4) is 0 Å². The molecule has 0 saturated carbocycles. The van der Waals surface area contributed by atoms with Gasteiger partial charge in [-0.1, -0.05) is 65.0 Å². The van der Waals surface area contributed by atoms with Crippen LogP contribution < -0.4 is 0 Å². The quantitative estimate of drug-likeness (QED) is 0.541. The summed E-state index contributed by atoms with van der Waals surface area (Å²) in [4.78, 5) is 0. The SMILES string of the molecule is CCC(C)CCCCCCc1cn(CCC(C)C)nn1. The van der Waals surface area contributed by atoms with Crippen molar-refractivity contribution in [2.24, 2.45) is 11.8 Å². The number of nitrogens with zero attached hydrogens (tertiary/aromatic N) is 3. The van der Waals surface area contributed by atoms with Gasteiger partial charge in [0.2, 0.25) is 0 Å². The summed E-state index contributed by atoms with van der Waals surface area (Å²) in [6.07, 6.45) is 12.4. The summed E-state index contributed by atoms with van der Waals surface area (Å²) in [6.45, 7) is 10.1. The molecule has 0 aromatic carbocycles. The van der Waals surface area contributed by atoms with Crippen molar-refractivity contribution in [1.29, 1.82) is 0 Å². The minimum absolute atomic E-state index is 0.730. The average molecular weight is 279 g/mol. The van der Waals surface area contributed by atoms with Crippen LogP contribution >= 0.6 is 0 Å². The minimum atomic E-state index is 0.730. The van der Waals surface area contributed by atoms with Crippen LogP contribution in [0.15, 0.2) is 6.20 Å². The van der Waals surface area contributed by atoms with Crippen LogP contribution in [-0.2, 0) is 13.0 Å². The lowest BCUT2D eigenvalue weighted by Gasteiger charge is -2.06. The van der Waals surface area contributed by atoms with E-state index in [0.29, 0.717) is 0 Å². The number of aromatic nitrogens is 3. The fourth-order valence-corrected chi connectivity index (χ4v) is 2.31. The molecule has 20 heavy (non-hydrogen) atoms. The molecule has 0 fully saturated rings. The van der Waals surface area contributed by atoms with E-state index in [4.69, 9.17) is 0 Å². The van der Waals surface area contributed by atoms with Crippen LogP contribution in [0.25, 0.3) is 0 Å². The standard InChI is InChI=1S/C17H33N3/c1-5-16(4)10-8-6-7-9-11-17-14-20(19-18-17)13-12-15(2)3/h14-16H,5-13H2,1-4H3. The summed E-state index contributed by atoms with van der Waals surface area (Å²) >= 11 is 0. The molecule has 1 atom stereocenters. The van der Waals surface area contributed by atoms with Gasteiger partial charge in [-0.15, -0.1) is 5.10 Å². The Morgan fingerprint density at radius 2 is 1.80 bits per heavy atom. The normalized spacial score (nSPS) is 13.1. The fraction of sp³-hybridized carbons (Fsp3) is 0.882. The second-order valence-corrected chi connectivity index (χ2v) is 6.62. The van der Waals surface area contributed by atoms with Crippen molar-refractivity contribution < 1.29 is 0 Å². The van der Waals surface area contributed by atoms with Gasteiger partial charge in [-0.3, -0.25) is 4.68 Å². The van der Waals surface area contributed by atoms with Gasteiger partial charge < -0.3 is 0 Å². The summed E-state index contributed by atoms with van der Waals surface area (Å²) in [5, 5.41) is 8.47. The van der Waals surface area contributed by atoms with Crippen molar-refractivity contribution in [3.63, 3.8) is 0 Å². The molecule has 0 aliphatic rings. The van der Waals surface area contributed by atoms with Crippen molar-refractivity contribution in [3.8, 4) is 0 Å². The molecule has 0 spiro atoms. The van der Waals surface area contributed by atoms with Crippen LogP contribution in [0.2, 0.25) is 0 Å². The Bertz CT molecular complexity index is 344. The molecule has 1 rings (SSSR count). The van der Waals surface area contributed by atoms with Crippen LogP contribution in [0, 0.1) is 11.8 Å². The van der Waals surface area contributed by atoms with E-state index in [0.717, 1.165) is 30.5 Å². The average Bonchev–Trinajstić information content (AvgIpc) is 2.88. The monoisotopic (exact) mass is 279 g/mol. The first-order valence-electron chi connectivity index (χ1n) is 8.50. The van der Waals surface area contributed by atoms with Crippen LogP contribution in [-0.4, -0.2) is 15.0 Å². The first-order valence-corrected chi connectivity index (χ1v) is 8.50. The largest absolute Gasteiger partial charge is 0.252 e. The van der Waals surface area contributed by atoms with Gasteiger partial charge in [0, 0.05) is 12.7 Å². The number of rotatable bonds is 11. The maximum Gasteiger partial charge on any atom is 0.0827 e.